The zero-order valence-corrected chi connectivity index (χ0v) is 18.9. The van der Waals surface area contributed by atoms with Gasteiger partial charge in [0.25, 0.3) is 5.91 Å². The Balaban J connectivity index is 1.53. The van der Waals surface area contributed by atoms with Crippen molar-refractivity contribution in [3.05, 3.63) is 90.0 Å². The van der Waals surface area contributed by atoms with Crippen LogP contribution in [0.25, 0.3) is 0 Å². The van der Waals surface area contributed by atoms with Crippen molar-refractivity contribution in [1.29, 1.82) is 0 Å². The number of anilines is 2. The molecule has 3 rings (SSSR count). The highest BCUT2D eigenvalue weighted by Crippen LogP contribution is 2.18. The van der Waals surface area contributed by atoms with Gasteiger partial charge in [-0.05, 0) is 35.9 Å². The molecule has 0 atom stereocenters. The molecule has 7 heteroatoms. The van der Waals surface area contributed by atoms with Crippen LogP contribution in [0.5, 0.6) is 5.75 Å². The van der Waals surface area contributed by atoms with Crippen LogP contribution in [0.1, 0.15) is 15.9 Å². The number of nitrogens with zero attached hydrogens (tertiary/aromatic N) is 1. The van der Waals surface area contributed by atoms with Crippen LogP contribution in [0.4, 0.5) is 11.4 Å². The predicted octanol–water partition coefficient (Wildman–Crippen LogP) is 4.03. The molecule has 0 saturated carbocycles. The van der Waals surface area contributed by atoms with Gasteiger partial charge in [-0.3, -0.25) is 9.59 Å². The Labute approximate surface area is 194 Å². The lowest BCUT2D eigenvalue weighted by Gasteiger charge is -2.18. The van der Waals surface area contributed by atoms with Gasteiger partial charge in [-0.15, -0.1) is 0 Å². The number of nitrogens with one attached hydrogen (secondary N) is 2. The molecule has 172 valence electrons. The van der Waals surface area contributed by atoms with Crippen LogP contribution in [-0.2, 0) is 16.1 Å². The van der Waals surface area contributed by atoms with Gasteiger partial charge in [-0.1, -0.05) is 42.5 Å². The van der Waals surface area contributed by atoms with Crippen LogP contribution in [0, 0.1) is 0 Å². The monoisotopic (exact) mass is 447 g/mol. The molecule has 0 heterocycles. The van der Waals surface area contributed by atoms with Crippen molar-refractivity contribution in [2.45, 2.75) is 6.54 Å². The van der Waals surface area contributed by atoms with E-state index in [-0.39, 0.29) is 18.4 Å². The molecule has 33 heavy (non-hydrogen) atoms. The van der Waals surface area contributed by atoms with E-state index in [9.17, 15) is 9.59 Å². The summed E-state index contributed by atoms with van der Waals surface area (Å²) in [6.45, 7) is 1.54. The lowest BCUT2D eigenvalue weighted by molar-refractivity contribution is -0.114. The first-order valence-corrected chi connectivity index (χ1v) is 10.7. The van der Waals surface area contributed by atoms with Gasteiger partial charge in [0, 0.05) is 43.7 Å². The first kappa shape index (κ1) is 23.8. The van der Waals surface area contributed by atoms with Crippen molar-refractivity contribution >= 4 is 23.2 Å². The highest BCUT2D eigenvalue weighted by atomic mass is 16.5. The van der Waals surface area contributed by atoms with Gasteiger partial charge in [0.05, 0.1) is 13.2 Å². The van der Waals surface area contributed by atoms with Crippen molar-refractivity contribution in [3.63, 3.8) is 0 Å². The van der Waals surface area contributed by atoms with Gasteiger partial charge in [0.1, 0.15) is 12.4 Å². The fraction of sp³-hybridized carbons (Fsp3) is 0.231. The third kappa shape index (κ3) is 7.66. The number of ether oxygens (including phenoxy) is 2. The van der Waals surface area contributed by atoms with Gasteiger partial charge in [0.15, 0.2) is 0 Å². The third-order valence-electron chi connectivity index (χ3n) is 4.85. The zero-order valence-electron chi connectivity index (χ0n) is 18.9. The maximum Gasteiger partial charge on any atom is 0.253 e. The molecule has 3 aromatic rings. The van der Waals surface area contributed by atoms with Crippen molar-refractivity contribution in [1.82, 2.24) is 4.90 Å². The Hall–Kier alpha value is -3.84. The number of amides is 2. The number of hydrogen-bond donors (Lipinski definition) is 2. The number of carbonyl (C=O) groups excluding carboxylic acids is 2. The highest BCUT2D eigenvalue weighted by Gasteiger charge is 2.13. The maximum atomic E-state index is 12.8. The summed E-state index contributed by atoms with van der Waals surface area (Å²) in [4.78, 5) is 26.9. The van der Waals surface area contributed by atoms with Crippen molar-refractivity contribution in [3.8, 4) is 5.75 Å². The molecule has 3 aromatic carbocycles. The van der Waals surface area contributed by atoms with Crippen molar-refractivity contribution in [2.75, 3.05) is 44.5 Å². The maximum absolute atomic E-state index is 12.8. The molecular formula is C26H29N3O4. The molecule has 0 unspecified atom stereocenters. The number of carbonyl (C=O) groups is 2. The summed E-state index contributed by atoms with van der Waals surface area (Å²) in [5.41, 5.74) is 2.90. The molecule has 0 aliphatic rings. The Morgan fingerprint density at radius 2 is 1.64 bits per heavy atom. The summed E-state index contributed by atoms with van der Waals surface area (Å²) in [6, 6.07) is 24.1. The Kier molecular flexibility index (Phi) is 8.85. The Morgan fingerprint density at radius 1 is 0.879 bits per heavy atom. The molecule has 0 saturated heterocycles. The summed E-state index contributed by atoms with van der Waals surface area (Å²) >= 11 is 0. The molecular weight excluding hydrogens is 418 g/mol. The van der Waals surface area contributed by atoms with Crippen LogP contribution in [-0.4, -0.2) is 50.6 Å². The van der Waals surface area contributed by atoms with Crippen LogP contribution in [0.3, 0.4) is 0 Å². The number of methoxy groups -OCH3 is 1. The highest BCUT2D eigenvalue weighted by molar-refractivity contribution is 5.98. The second kappa shape index (κ2) is 12.3. The molecule has 0 aromatic heterocycles. The van der Waals surface area contributed by atoms with E-state index in [1.165, 1.54) is 0 Å². The zero-order chi connectivity index (χ0) is 23.5. The minimum Gasteiger partial charge on any atom is -0.491 e. The molecule has 0 fully saturated rings. The minimum absolute atomic E-state index is 0.0770. The molecule has 0 spiro atoms. The lowest BCUT2D eigenvalue weighted by atomic mass is 10.1. The summed E-state index contributed by atoms with van der Waals surface area (Å²) in [5, 5.41) is 5.91. The molecule has 0 aliphatic heterocycles. The first-order valence-electron chi connectivity index (χ1n) is 10.7. The average molecular weight is 448 g/mol. The van der Waals surface area contributed by atoms with E-state index in [1.807, 2.05) is 54.6 Å². The minimum atomic E-state index is -0.219. The van der Waals surface area contributed by atoms with E-state index >= 15 is 0 Å². The van der Waals surface area contributed by atoms with Crippen LogP contribution in [0.15, 0.2) is 78.9 Å². The summed E-state index contributed by atoms with van der Waals surface area (Å²) < 4.78 is 10.6. The van der Waals surface area contributed by atoms with E-state index < -0.39 is 0 Å². The predicted molar refractivity (Wildman–Crippen MR) is 130 cm³/mol. The van der Waals surface area contributed by atoms with E-state index in [0.717, 1.165) is 11.3 Å². The fourth-order valence-electron chi connectivity index (χ4n) is 3.21. The lowest BCUT2D eigenvalue weighted by Crippen LogP contribution is -2.26. The standard InChI is InChI=1S/C26H29N3O4/c1-29(19-20-8-4-3-5-9-20)26(31)21-10-6-12-23(16-21)28-25(30)18-27-22-11-7-13-24(17-22)33-15-14-32-2/h3-13,16-17,27H,14-15,18-19H2,1-2H3,(H,28,30). The van der Waals surface area contributed by atoms with Gasteiger partial charge in [0.2, 0.25) is 5.91 Å². The first-order chi connectivity index (χ1) is 16.0. The topological polar surface area (TPSA) is 79.9 Å². The van der Waals surface area contributed by atoms with Crippen molar-refractivity contribution in [2.24, 2.45) is 0 Å². The molecule has 7 nitrogen and oxygen atoms in total. The third-order valence-corrected chi connectivity index (χ3v) is 4.85. The van der Waals surface area contributed by atoms with E-state index in [1.54, 1.807) is 43.3 Å². The van der Waals surface area contributed by atoms with Gasteiger partial charge < -0.3 is 25.0 Å². The SMILES string of the molecule is COCCOc1cccc(NCC(=O)Nc2cccc(C(=O)N(C)Cc3ccccc3)c2)c1. The summed E-state index contributed by atoms with van der Waals surface area (Å²) in [7, 11) is 3.38. The molecule has 2 N–H and O–H groups in total. The van der Waals surface area contributed by atoms with Gasteiger partial charge in [-0.2, -0.15) is 0 Å². The van der Waals surface area contributed by atoms with Crippen LogP contribution < -0.4 is 15.4 Å². The largest absolute Gasteiger partial charge is 0.491 e. The second-order valence-corrected chi connectivity index (χ2v) is 7.50. The Bertz CT molecular complexity index is 1060. The molecule has 2 amide bonds. The molecule has 0 bridgehead atoms. The van der Waals surface area contributed by atoms with Gasteiger partial charge >= 0.3 is 0 Å². The Morgan fingerprint density at radius 3 is 2.42 bits per heavy atom. The van der Waals surface area contributed by atoms with E-state index in [4.69, 9.17) is 9.47 Å². The smallest absolute Gasteiger partial charge is 0.253 e. The molecule has 0 aliphatic carbocycles. The van der Waals surface area contributed by atoms with E-state index in [0.29, 0.717) is 36.8 Å². The van der Waals surface area contributed by atoms with Gasteiger partial charge in [-0.25, -0.2) is 0 Å². The quantitative estimate of drug-likeness (QED) is 0.434. The number of benzene rings is 3. The van der Waals surface area contributed by atoms with Crippen LogP contribution >= 0.6 is 0 Å². The number of hydrogen-bond acceptors (Lipinski definition) is 5. The van der Waals surface area contributed by atoms with E-state index in [2.05, 4.69) is 10.6 Å². The number of rotatable bonds is 11. The molecule has 0 radical (unpaired) electrons. The van der Waals surface area contributed by atoms with Crippen molar-refractivity contribution < 1.29 is 19.1 Å². The summed E-state index contributed by atoms with van der Waals surface area (Å²) in [6.07, 6.45) is 0. The summed E-state index contributed by atoms with van der Waals surface area (Å²) in [5.74, 6) is 0.365. The van der Waals surface area contributed by atoms with Crippen LogP contribution in [0.2, 0.25) is 0 Å². The fourth-order valence-corrected chi connectivity index (χ4v) is 3.21. The second-order valence-electron chi connectivity index (χ2n) is 7.50. The normalized spacial score (nSPS) is 10.4. The average Bonchev–Trinajstić information content (AvgIpc) is 2.83.